The minimum Gasteiger partial charge on any atom is -0.489 e. The Labute approximate surface area is 144 Å². The fraction of sp³-hybridized carbons (Fsp3) is 0.412. The predicted molar refractivity (Wildman–Crippen MR) is 89.8 cm³/mol. The van der Waals surface area contributed by atoms with Crippen LogP contribution in [0, 0.1) is 19.7 Å². The summed E-state index contributed by atoms with van der Waals surface area (Å²) in [5.41, 5.74) is 1.25. The zero-order valence-corrected chi connectivity index (χ0v) is 14.5. The average Bonchev–Trinajstić information content (AvgIpc) is 2.99. The van der Waals surface area contributed by atoms with Crippen molar-refractivity contribution in [2.75, 3.05) is 0 Å². The maximum absolute atomic E-state index is 14.4. The number of rotatable bonds is 3. The highest BCUT2D eigenvalue weighted by molar-refractivity contribution is 6.34. The molecule has 1 aromatic heterocycles. The molecule has 1 heterocycles. The third-order valence-corrected chi connectivity index (χ3v) is 4.75. The number of aryl methyl sites for hydroxylation is 2. The third-order valence-electron chi connectivity index (χ3n) is 4.00. The van der Waals surface area contributed by atoms with Crippen LogP contribution in [-0.4, -0.2) is 16.1 Å². The van der Waals surface area contributed by atoms with Gasteiger partial charge in [0.25, 0.3) is 0 Å². The summed E-state index contributed by atoms with van der Waals surface area (Å²) in [5.74, 6) is 0.530. The molecule has 0 amide bonds. The van der Waals surface area contributed by atoms with E-state index in [9.17, 15) is 4.39 Å². The summed E-state index contributed by atoms with van der Waals surface area (Å²) in [7, 11) is 0. The van der Waals surface area contributed by atoms with E-state index in [0.717, 1.165) is 25.7 Å². The van der Waals surface area contributed by atoms with E-state index in [1.807, 2.05) is 0 Å². The molecule has 0 bridgehead atoms. The predicted octanol–water partition coefficient (Wildman–Crippen LogP) is 5.53. The van der Waals surface area contributed by atoms with Gasteiger partial charge in [0, 0.05) is 5.56 Å². The first-order chi connectivity index (χ1) is 11.0. The second-order valence-electron chi connectivity index (χ2n) is 5.81. The SMILES string of the molecule is Cc1nc(C)c(Cl)c(-c2cc(OC3CCCC3)c(Cl)cc2F)n1. The van der Waals surface area contributed by atoms with Crippen LogP contribution in [0.3, 0.4) is 0 Å². The Morgan fingerprint density at radius 1 is 1.13 bits per heavy atom. The van der Waals surface area contributed by atoms with E-state index in [1.54, 1.807) is 19.9 Å². The maximum atomic E-state index is 14.4. The lowest BCUT2D eigenvalue weighted by molar-refractivity contribution is 0.210. The highest BCUT2D eigenvalue weighted by Gasteiger charge is 2.21. The fourth-order valence-corrected chi connectivity index (χ4v) is 3.25. The smallest absolute Gasteiger partial charge is 0.139 e. The molecular weight excluding hydrogens is 338 g/mol. The van der Waals surface area contributed by atoms with Gasteiger partial charge in [-0.3, -0.25) is 0 Å². The monoisotopic (exact) mass is 354 g/mol. The number of hydrogen-bond acceptors (Lipinski definition) is 3. The Hall–Kier alpha value is -1.39. The molecule has 1 saturated carbocycles. The summed E-state index contributed by atoms with van der Waals surface area (Å²) in [6.45, 7) is 3.51. The van der Waals surface area contributed by atoms with Crippen molar-refractivity contribution in [3.63, 3.8) is 0 Å². The summed E-state index contributed by atoms with van der Waals surface area (Å²) in [6.07, 6.45) is 4.42. The van der Waals surface area contributed by atoms with Crippen LogP contribution in [0.5, 0.6) is 5.75 Å². The van der Waals surface area contributed by atoms with Crippen molar-refractivity contribution in [2.45, 2.75) is 45.6 Å². The lowest BCUT2D eigenvalue weighted by Gasteiger charge is -2.16. The van der Waals surface area contributed by atoms with Crippen molar-refractivity contribution in [3.8, 4) is 17.0 Å². The Morgan fingerprint density at radius 3 is 2.52 bits per heavy atom. The molecule has 1 fully saturated rings. The number of hydrogen-bond donors (Lipinski definition) is 0. The summed E-state index contributed by atoms with van der Waals surface area (Å²) in [5, 5.41) is 0.598. The van der Waals surface area contributed by atoms with E-state index in [4.69, 9.17) is 27.9 Å². The second-order valence-corrected chi connectivity index (χ2v) is 6.59. The topological polar surface area (TPSA) is 35.0 Å². The number of ether oxygens (including phenoxy) is 1. The molecule has 0 atom stereocenters. The van der Waals surface area contributed by atoms with Crippen LogP contribution in [0.1, 0.15) is 37.2 Å². The third kappa shape index (κ3) is 3.43. The first-order valence-corrected chi connectivity index (χ1v) is 8.38. The number of nitrogens with zero attached hydrogens (tertiary/aromatic N) is 2. The molecule has 0 radical (unpaired) electrons. The van der Waals surface area contributed by atoms with Crippen LogP contribution >= 0.6 is 23.2 Å². The molecule has 3 rings (SSSR count). The molecule has 1 aromatic carbocycles. The minimum atomic E-state index is -0.479. The highest BCUT2D eigenvalue weighted by atomic mass is 35.5. The van der Waals surface area contributed by atoms with Crippen molar-refractivity contribution in [3.05, 3.63) is 39.5 Å². The summed E-state index contributed by atoms with van der Waals surface area (Å²) >= 11 is 12.4. The van der Waals surface area contributed by atoms with Gasteiger partial charge < -0.3 is 4.74 Å². The van der Waals surface area contributed by atoms with Gasteiger partial charge in [0.05, 0.1) is 27.5 Å². The summed E-state index contributed by atoms with van der Waals surface area (Å²) in [4.78, 5) is 8.47. The van der Waals surface area contributed by atoms with Crippen LogP contribution in [0.4, 0.5) is 4.39 Å². The van der Waals surface area contributed by atoms with Crippen LogP contribution in [0.25, 0.3) is 11.3 Å². The average molecular weight is 355 g/mol. The van der Waals surface area contributed by atoms with Crippen molar-refractivity contribution < 1.29 is 9.13 Å². The number of benzene rings is 1. The zero-order valence-electron chi connectivity index (χ0n) is 13.0. The molecular formula is C17H17Cl2FN2O. The molecule has 1 aliphatic carbocycles. The Kier molecular flexibility index (Phi) is 4.74. The molecule has 0 spiro atoms. The van der Waals surface area contributed by atoms with Gasteiger partial charge in [-0.2, -0.15) is 0 Å². The van der Waals surface area contributed by atoms with E-state index in [0.29, 0.717) is 28.0 Å². The second kappa shape index (κ2) is 6.62. The van der Waals surface area contributed by atoms with Gasteiger partial charge in [0.15, 0.2) is 0 Å². The first kappa shape index (κ1) is 16.5. The lowest BCUT2D eigenvalue weighted by Crippen LogP contribution is -2.11. The highest BCUT2D eigenvalue weighted by Crippen LogP contribution is 2.37. The zero-order chi connectivity index (χ0) is 16.6. The molecule has 0 N–H and O–H groups in total. The van der Waals surface area contributed by atoms with Crippen molar-refractivity contribution >= 4 is 23.2 Å². The van der Waals surface area contributed by atoms with Crippen molar-refractivity contribution in [1.29, 1.82) is 0 Å². The van der Waals surface area contributed by atoms with Gasteiger partial charge in [0.1, 0.15) is 17.4 Å². The molecule has 0 aliphatic heterocycles. The number of aromatic nitrogens is 2. The molecule has 0 saturated heterocycles. The van der Waals surface area contributed by atoms with E-state index < -0.39 is 5.82 Å². The largest absolute Gasteiger partial charge is 0.489 e. The molecule has 2 aromatic rings. The molecule has 1 aliphatic rings. The molecule has 6 heteroatoms. The quantitative estimate of drug-likeness (QED) is 0.726. The normalized spacial score (nSPS) is 15.2. The van der Waals surface area contributed by atoms with Crippen molar-refractivity contribution in [2.24, 2.45) is 0 Å². The van der Waals surface area contributed by atoms with Gasteiger partial charge in [0.2, 0.25) is 0 Å². The molecule has 3 nitrogen and oxygen atoms in total. The first-order valence-electron chi connectivity index (χ1n) is 7.62. The van der Waals surface area contributed by atoms with E-state index in [1.165, 1.54) is 6.07 Å². The van der Waals surface area contributed by atoms with Crippen LogP contribution in [0.15, 0.2) is 12.1 Å². The lowest BCUT2D eigenvalue weighted by atomic mass is 10.1. The van der Waals surface area contributed by atoms with E-state index in [2.05, 4.69) is 9.97 Å². The maximum Gasteiger partial charge on any atom is 0.139 e. The fourth-order valence-electron chi connectivity index (χ4n) is 2.86. The van der Waals surface area contributed by atoms with Gasteiger partial charge in [-0.1, -0.05) is 23.2 Å². The van der Waals surface area contributed by atoms with Gasteiger partial charge >= 0.3 is 0 Å². The molecule has 122 valence electrons. The standard InChI is InChI=1S/C17H17Cl2FN2O/c1-9-16(19)17(22-10(2)21-9)12-7-15(13(18)8-14(12)20)23-11-5-3-4-6-11/h7-8,11H,3-6H2,1-2H3. The van der Waals surface area contributed by atoms with Crippen LogP contribution < -0.4 is 4.74 Å². The van der Waals surface area contributed by atoms with Gasteiger partial charge in [-0.25, -0.2) is 14.4 Å². The Bertz CT molecular complexity index is 746. The van der Waals surface area contributed by atoms with Crippen LogP contribution in [0.2, 0.25) is 10.0 Å². The Morgan fingerprint density at radius 2 is 1.83 bits per heavy atom. The van der Waals surface area contributed by atoms with Crippen LogP contribution in [-0.2, 0) is 0 Å². The van der Waals surface area contributed by atoms with Gasteiger partial charge in [-0.05, 0) is 51.7 Å². The number of halogens is 3. The summed E-state index contributed by atoms with van der Waals surface area (Å²) < 4.78 is 20.4. The Balaban J connectivity index is 2.05. The molecule has 0 unspecified atom stereocenters. The van der Waals surface area contributed by atoms with Crippen molar-refractivity contribution in [1.82, 2.24) is 9.97 Å². The summed E-state index contributed by atoms with van der Waals surface area (Å²) in [6, 6.07) is 2.84. The molecule has 23 heavy (non-hydrogen) atoms. The minimum absolute atomic E-state index is 0.134. The van der Waals surface area contributed by atoms with E-state index >= 15 is 0 Å². The van der Waals surface area contributed by atoms with Gasteiger partial charge in [-0.15, -0.1) is 0 Å². The van der Waals surface area contributed by atoms with E-state index in [-0.39, 0.29) is 16.7 Å².